The summed E-state index contributed by atoms with van der Waals surface area (Å²) in [4.78, 5) is 2.57. The summed E-state index contributed by atoms with van der Waals surface area (Å²) < 4.78 is 6.14. The molecule has 108 valence electrons. The Morgan fingerprint density at radius 2 is 1.61 bits per heavy atom. The van der Waals surface area contributed by atoms with Gasteiger partial charge in [-0.05, 0) is 54.5 Å². The molecule has 1 aliphatic rings. The topological polar surface area (TPSA) is 24.5 Å². The minimum Gasteiger partial charge on any atom is -0.367 e. The molecule has 0 aromatic carbocycles. The Balaban J connectivity index is 2.64. The monoisotopic (exact) mass is 256 g/mol. The number of hydrogen-bond donors (Lipinski definition) is 1. The standard InChI is InChI=1S/C15H32N2O/c1-8-9-16-12(2)13(3)17-10-14(4,5)18-15(6,7)11-17/h12-13,16H,8-11H2,1-7H3. The maximum atomic E-state index is 6.14. The third-order valence-electron chi connectivity index (χ3n) is 3.74. The first kappa shape index (κ1) is 15.9. The Hall–Kier alpha value is -0.120. The van der Waals surface area contributed by atoms with E-state index in [0.717, 1.165) is 19.6 Å². The Morgan fingerprint density at radius 3 is 2.06 bits per heavy atom. The van der Waals surface area contributed by atoms with Gasteiger partial charge in [0.1, 0.15) is 0 Å². The van der Waals surface area contributed by atoms with E-state index in [-0.39, 0.29) is 11.2 Å². The van der Waals surface area contributed by atoms with E-state index in [0.29, 0.717) is 12.1 Å². The number of hydrogen-bond acceptors (Lipinski definition) is 3. The smallest absolute Gasteiger partial charge is 0.0760 e. The fourth-order valence-corrected chi connectivity index (χ4v) is 2.99. The van der Waals surface area contributed by atoms with Gasteiger partial charge in [0.05, 0.1) is 11.2 Å². The van der Waals surface area contributed by atoms with Gasteiger partial charge >= 0.3 is 0 Å². The van der Waals surface area contributed by atoms with E-state index in [2.05, 4.69) is 58.7 Å². The summed E-state index contributed by atoms with van der Waals surface area (Å²) in [6.07, 6.45) is 1.19. The third kappa shape index (κ3) is 4.52. The molecule has 2 atom stereocenters. The lowest BCUT2D eigenvalue weighted by atomic mass is 9.96. The summed E-state index contributed by atoms with van der Waals surface area (Å²) in [6, 6.07) is 1.06. The molecule has 1 aliphatic heterocycles. The molecule has 3 heteroatoms. The molecule has 0 amide bonds. The molecule has 2 unspecified atom stereocenters. The highest BCUT2D eigenvalue weighted by Gasteiger charge is 2.40. The number of nitrogens with zero attached hydrogens (tertiary/aromatic N) is 1. The molecule has 1 N–H and O–H groups in total. The lowest BCUT2D eigenvalue weighted by molar-refractivity contribution is -0.188. The van der Waals surface area contributed by atoms with Crippen LogP contribution < -0.4 is 5.32 Å². The van der Waals surface area contributed by atoms with E-state index in [1.54, 1.807) is 0 Å². The highest BCUT2D eigenvalue weighted by Crippen LogP contribution is 2.29. The molecular formula is C15H32N2O. The number of ether oxygens (including phenoxy) is 1. The second-order valence-electron chi connectivity index (χ2n) is 7.01. The van der Waals surface area contributed by atoms with Gasteiger partial charge in [-0.2, -0.15) is 0 Å². The molecular weight excluding hydrogens is 224 g/mol. The van der Waals surface area contributed by atoms with Crippen molar-refractivity contribution in [3.8, 4) is 0 Å². The van der Waals surface area contributed by atoms with E-state index >= 15 is 0 Å². The lowest BCUT2D eigenvalue weighted by Crippen LogP contribution is -2.62. The molecule has 1 fully saturated rings. The fourth-order valence-electron chi connectivity index (χ4n) is 2.99. The Kier molecular flexibility index (Phi) is 5.22. The number of rotatable bonds is 5. The minimum absolute atomic E-state index is 0.0551. The van der Waals surface area contributed by atoms with E-state index in [4.69, 9.17) is 4.74 Å². The van der Waals surface area contributed by atoms with Crippen LogP contribution in [0.15, 0.2) is 0 Å². The van der Waals surface area contributed by atoms with Crippen LogP contribution in [0.3, 0.4) is 0 Å². The number of nitrogens with one attached hydrogen (secondary N) is 1. The zero-order chi connectivity index (χ0) is 14.0. The van der Waals surface area contributed by atoms with Crippen molar-refractivity contribution in [2.45, 2.75) is 78.2 Å². The van der Waals surface area contributed by atoms with Gasteiger partial charge < -0.3 is 10.1 Å². The summed E-state index contributed by atoms with van der Waals surface area (Å²) in [5.74, 6) is 0. The maximum absolute atomic E-state index is 6.14. The first-order valence-electron chi connectivity index (χ1n) is 7.34. The first-order valence-corrected chi connectivity index (χ1v) is 7.34. The molecule has 18 heavy (non-hydrogen) atoms. The van der Waals surface area contributed by atoms with Gasteiger partial charge in [0.15, 0.2) is 0 Å². The molecule has 3 nitrogen and oxygen atoms in total. The maximum Gasteiger partial charge on any atom is 0.0760 e. The zero-order valence-corrected chi connectivity index (χ0v) is 13.3. The van der Waals surface area contributed by atoms with Crippen molar-refractivity contribution in [1.82, 2.24) is 10.2 Å². The van der Waals surface area contributed by atoms with Gasteiger partial charge in [-0.15, -0.1) is 0 Å². The molecule has 1 rings (SSSR count). The Morgan fingerprint density at radius 1 is 1.11 bits per heavy atom. The molecule has 0 bridgehead atoms. The van der Waals surface area contributed by atoms with Crippen molar-refractivity contribution >= 4 is 0 Å². The summed E-state index contributed by atoms with van der Waals surface area (Å²) in [7, 11) is 0. The van der Waals surface area contributed by atoms with Crippen LogP contribution in [0.2, 0.25) is 0 Å². The van der Waals surface area contributed by atoms with E-state index in [9.17, 15) is 0 Å². The predicted octanol–water partition coefficient (Wildman–Crippen LogP) is 2.65. The molecule has 0 aromatic heterocycles. The van der Waals surface area contributed by atoms with Crippen LogP contribution in [-0.2, 0) is 4.74 Å². The van der Waals surface area contributed by atoms with Crippen molar-refractivity contribution in [3.05, 3.63) is 0 Å². The van der Waals surface area contributed by atoms with E-state index in [1.165, 1.54) is 6.42 Å². The van der Waals surface area contributed by atoms with E-state index < -0.39 is 0 Å². The van der Waals surface area contributed by atoms with Crippen LogP contribution in [0.4, 0.5) is 0 Å². The minimum atomic E-state index is -0.0551. The first-order chi connectivity index (χ1) is 8.17. The van der Waals surface area contributed by atoms with Crippen LogP contribution in [0.25, 0.3) is 0 Å². The molecule has 1 saturated heterocycles. The van der Waals surface area contributed by atoms with Gasteiger partial charge in [-0.25, -0.2) is 0 Å². The third-order valence-corrected chi connectivity index (χ3v) is 3.74. The molecule has 0 aliphatic carbocycles. The van der Waals surface area contributed by atoms with Gasteiger partial charge in [-0.1, -0.05) is 6.92 Å². The molecule has 0 spiro atoms. The van der Waals surface area contributed by atoms with Crippen molar-refractivity contribution in [2.24, 2.45) is 0 Å². The van der Waals surface area contributed by atoms with Crippen molar-refractivity contribution < 1.29 is 4.74 Å². The normalized spacial score (nSPS) is 26.8. The summed E-state index contributed by atoms with van der Waals surface area (Å²) in [6.45, 7) is 18.7. The molecule has 0 saturated carbocycles. The quantitative estimate of drug-likeness (QED) is 0.818. The number of morpholine rings is 1. The average molecular weight is 256 g/mol. The van der Waals surface area contributed by atoms with Crippen LogP contribution in [-0.4, -0.2) is 47.8 Å². The van der Waals surface area contributed by atoms with Crippen LogP contribution in [0.1, 0.15) is 54.9 Å². The molecule has 0 aromatic rings. The SMILES string of the molecule is CCCNC(C)C(C)N1CC(C)(C)OC(C)(C)C1. The van der Waals surface area contributed by atoms with Crippen LogP contribution in [0, 0.1) is 0 Å². The van der Waals surface area contributed by atoms with E-state index in [1.807, 2.05) is 0 Å². The highest BCUT2D eigenvalue weighted by molar-refractivity contribution is 4.93. The van der Waals surface area contributed by atoms with Crippen LogP contribution >= 0.6 is 0 Å². The van der Waals surface area contributed by atoms with Gasteiger partial charge in [0, 0.05) is 25.2 Å². The summed E-state index contributed by atoms with van der Waals surface area (Å²) in [5.41, 5.74) is -0.110. The molecule has 0 radical (unpaired) electrons. The van der Waals surface area contributed by atoms with Crippen molar-refractivity contribution in [2.75, 3.05) is 19.6 Å². The zero-order valence-electron chi connectivity index (χ0n) is 13.3. The van der Waals surface area contributed by atoms with Gasteiger partial charge in [0.2, 0.25) is 0 Å². The Labute approximate surface area is 113 Å². The highest BCUT2D eigenvalue weighted by atomic mass is 16.5. The fraction of sp³-hybridized carbons (Fsp3) is 1.00. The second-order valence-corrected chi connectivity index (χ2v) is 7.01. The second kappa shape index (κ2) is 5.89. The lowest BCUT2D eigenvalue weighted by Gasteiger charge is -2.50. The van der Waals surface area contributed by atoms with Crippen molar-refractivity contribution in [1.29, 1.82) is 0 Å². The average Bonchev–Trinajstić information content (AvgIpc) is 2.20. The molecule has 1 heterocycles. The van der Waals surface area contributed by atoms with Gasteiger partial charge in [-0.3, -0.25) is 4.90 Å². The summed E-state index contributed by atoms with van der Waals surface area (Å²) in [5, 5.41) is 3.60. The van der Waals surface area contributed by atoms with Gasteiger partial charge in [0.25, 0.3) is 0 Å². The summed E-state index contributed by atoms with van der Waals surface area (Å²) >= 11 is 0. The largest absolute Gasteiger partial charge is 0.367 e. The predicted molar refractivity (Wildman–Crippen MR) is 78.0 cm³/mol. The van der Waals surface area contributed by atoms with Crippen molar-refractivity contribution in [3.63, 3.8) is 0 Å². The van der Waals surface area contributed by atoms with Crippen LogP contribution in [0.5, 0.6) is 0 Å². The Bertz CT molecular complexity index is 247.